The number of esters is 1. The molecule has 0 N–H and O–H groups in total. The number of pyridine rings is 1. The maximum absolute atomic E-state index is 13.4. The van der Waals surface area contributed by atoms with Gasteiger partial charge in [-0.1, -0.05) is 98.1 Å². The first-order valence-electron chi connectivity index (χ1n) is 13.8. The fourth-order valence-electron chi connectivity index (χ4n) is 5.78. The average Bonchev–Trinajstić information content (AvgIpc) is 3.25. The van der Waals surface area contributed by atoms with Crippen molar-refractivity contribution in [3.05, 3.63) is 95.0 Å². The lowest BCUT2D eigenvalue weighted by atomic mass is 9.81. The van der Waals surface area contributed by atoms with Crippen molar-refractivity contribution in [2.24, 2.45) is 11.8 Å². The van der Waals surface area contributed by atoms with E-state index < -0.39 is 12.1 Å². The van der Waals surface area contributed by atoms with Crippen LogP contribution in [0.2, 0.25) is 5.02 Å². The van der Waals surface area contributed by atoms with E-state index in [0.29, 0.717) is 51.3 Å². The van der Waals surface area contributed by atoms with Gasteiger partial charge in [-0.25, -0.2) is 9.78 Å². The number of alkyl halides is 2. The molecule has 0 spiro atoms. The minimum absolute atomic E-state index is 0.124. The number of ketones is 1. The Morgan fingerprint density at radius 3 is 2.16 bits per heavy atom. The van der Waals surface area contributed by atoms with Crippen molar-refractivity contribution >= 4 is 83.6 Å². The van der Waals surface area contributed by atoms with Crippen LogP contribution in [0.15, 0.2) is 78.9 Å². The highest BCUT2D eigenvalue weighted by Gasteiger charge is 2.52. The molecule has 2 aliphatic rings. The molecule has 0 bridgehead atoms. The molecule has 2 heterocycles. The number of rotatable bonds is 6. The molecule has 1 aliphatic carbocycles. The summed E-state index contributed by atoms with van der Waals surface area (Å²) in [7, 11) is 0. The third kappa shape index (κ3) is 5.54. The van der Waals surface area contributed by atoms with Crippen molar-refractivity contribution < 1.29 is 23.9 Å². The number of fused-ring (bicyclic) bond motifs is 2. The van der Waals surface area contributed by atoms with Crippen LogP contribution in [0, 0.1) is 11.8 Å². The fourth-order valence-corrected chi connectivity index (χ4v) is 7.23. The van der Waals surface area contributed by atoms with Gasteiger partial charge >= 0.3 is 5.97 Å². The third-order valence-corrected chi connectivity index (χ3v) is 11.1. The van der Waals surface area contributed by atoms with Crippen molar-refractivity contribution in [2.45, 2.75) is 35.5 Å². The minimum Gasteiger partial charge on any atom is -0.451 e. The van der Waals surface area contributed by atoms with E-state index in [9.17, 15) is 19.2 Å². The van der Waals surface area contributed by atoms with Gasteiger partial charge in [0.05, 0.1) is 39.3 Å². The predicted octanol–water partition coefficient (Wildman–Crippen LogP) is 7.41. The second-order valence-corrected chi connectivity index (χ2v) is 13.5. The number of anilines is 1. The summed E-state index contributed by atoms with van der Waals surface area (Å²) in [6, 6.07) is 22.3. The number of halogens is 3. The van der Waals surface area contributed by atoms with Crippen molar-refractivity contribution in [2.75, 3.05) is 4.90 Å². The molecule has 1 saturated heterocycles. The van der Waals surface area contributed by atoms with Crippen LogP contribution in [0.5, 0.6) is 0 Å². The van der Waals surface area contributed by atoms with Crippen molar-refractivity contribution in [1.82, 2.24) is 4.98 Å². The average molecular weight is 725 g/mol. The van der Waals surface area contributed by atoms with Gasteiger partial charge < -0.3 is 4.74 Å². The quantitative estimate of drug-likeness (QED) is 0.0891. The standard InChI is InChI=1S/C33H25Br2ClN2O5/c1-17(30(39)19-6-3-2-4-7-19)43-33(42)24-16-28(37-29-21(24)8-5-9-27(29)36)18-10-12-20(13-11-18)38-31(40)22-14-25(34)26(35)15-23(22)32(38)41/h2-13,16-17,22-23,25-26H,14-15H2,1H3. The molecule has 10 heteroatoms. The van der Waals surface area contributed by atoms with Gasteiger partial charge in [-0.2, -0.15) is 0 Å². The number of ether oxygens (including phenoxy) is 1. The topological polar surface area (TPSA) is 93.6 Å². The Morgan fingerprint density at radius 1 is 0.907 bits per heavy atom. The summed E-state index contributed by atoms with van der Waals surface area (Å²) < 4.78 is 5.62. The van der Waals surface area contributed by atoms with E-state index in [1.807, 2.05) is 0 Å². The van der Waals surface area contributed by atoms with Crippen LogP contribution >= 0.6 is 43.5 Å². The van der Waals surface area contributed by atoms with Gasteiger partial charge in [-0.15, -0.1) is 0 Å². The summed E-state index contributed by atoms with van der Waals surface area (Å²) in [6.45, 7) is 1.54. The van der Waals surface area contributed by atoms with Gasteiger partial charge in [0, 0.05) is 26.2 Å². The Kier molecular flexibility index (Phi) is 8.24. The Balaban J connectivity index is 1.30. The molecule has 0 radical (unpaired) electrons. The molecular formula is C33H25Br2ClN2O5. The zero-order valence-corrected chi connectivity index (χ0v) is 26.8. The summed E-state index contributed by atoms with van der Waals surface area (Å²) >= 11 is 13.7. The van der Waals surface area contributed by atoms with Crippen LogP contribution in [0.25, 0.3) is 22.2 Å². The second-order valence-electron chi connectivity index (χ2n) is 10.7. The predicted molar refractivity (Wildman–Crippen MR) is 172 cm³/mol. The summed E-state index contributed by atoms with van der Waals surface area (Å²) in [6.07, 6.45) is 0.172. The molecule has 2 amide bonds. The molecule has 43 heavy (non-hydrogen) atoms. The number of aromatic nitrogens is 1. The molecule has 2 fully saturated rings. The molecule has 218 valence electrons. The smallest absolute Gasteiger partial charge is 0.339 e. The second kappa shape index (κ2) is 11.9. The maximum atomic E-state index is 13.4. The summed E-state index contributed by atoms with van der Waals surface area (Å²) in [5, 5.41) is 0.841. The monoisotopic (exact) mass is 722 g/mol. The highest BCUT2D eigenvalue weighted by Crippen LogP contribution is 2.44. The SMILES string of the molecule is CC(OC(=O)c1cc(-c2ccc(N3C(=O)C4CC(Br)C(Br)CC4C3=O)cc2)nc2c(Cl)cccc12)C(=O)c1ccccc1. The van der Waals surface area contributed by atoms with Gasteiger partial charge in [0.25, 0.3) is 0 Å². The van der Waals surface area contributed by atoms with E-state index in [1.54, 1.807) is 78.9 Å². The number of imide groups is 1. The number of nitrogens with zero attached hydrogens (tertiary/aromatic N) is 2. The Hall–Kier alpha value is -3.40. The number of carbonyl (C=O) groups is 4. The Labute approximate surface area is 269 Å². The van der Waals surface area contributed by atoms with E-state index in [4.69, 9.17) is 21.3 Å². The van der Waals surface area contributed by atoms with Gasteiger partial charge in [0.15, 0.2) is 6.10 Å². The Bertz CT molecular complexity index is 1740. The van der Waals surface area contributed by atoms with Crippen molar-refractivity contribution in [3.63, 3.8) is 0 Å². The number of amides is 2. The minimum atomic E-state index is -1.01. The van der Waals surface area contributed by atoms with E-state index in [-0.39, 0.29) is 44.7 Å². The summed E-state index contributed by atoms with van der Waals surface area (Å²) in [5.74, 6) is -2.07. The van der Waals surface area contributed by atoms with E-state index >= 15 is 0 Å². The zero-order chi connectivity index (χ0) is 30.4. The molecule has 3 aromatic carbocycles. The molecule has 4 aromatic rings. The summed E-state index contributed by atoms with van der Waals surface area (Å²) in [5.41, 5.74) is 2.63. The first-order chi connectivity index (χ1) is 20.6. The summed E-state index contributed by atoms with van der Waals surface area (Å²) in [4.78, 5) is 59.0. The highest BCUT2D eigenvalue weighted by molar-refractivity contribution is 9.12. The van der Waals surface area contributed by atoms with Gasteiger partial charge in [0.2, 0.25) is 17.6 Å². The van der Waals surface area contributed by atoms with Crippen molar-refractivity contribution in [3.8, 4) is 11.3 Å². The van der Waals surface area contributed by atoms with Gasteiger partial charge in [0.1, 0.15) is 0 Å². The fraction of sp³-hybridized carbons (Fsp3) is 0.242. The molecule has 6 rings (SSSR count). The highest BCUT2D eigenvalue weighted by atomic mass is 79.9. The normalized spacial score (nSPS) is 22.4. The van der Waals surface area contributed by atoms with Crippen LogP contribution in [-0.2, 0) is 14.3 Å². The lowest BCUT2D eigenvalue weighted by molar-refractivity contribution is -0.122. The van der Waals surface area contributed by atoms with Crippen LogP contribution in [-0.4, -0.2) is 44.3 Å². The molecule has 7 nitrogen and oxygen atoms in total. The molecular weight excluding hydrogens is 700 g/mol. The molecule has 1 saturated carbocycles. The number of benzene rings is 3. The number of carbonyl (C=O) groups excluding carboxylic acids is 4. The zero-order valence-electron chi connectivity index (χ0n) is 22.9. The number of hydrogen-bond donors (Lipinski definition) is 0. The maximum Gasteiger partial charge on any atom is 0.339 e. The lowest BCUT2D eigenvalue weighted by Crippen LogP contribution is -2.34. The van der Waals surface area contributed by atoms with Crippen LogP contribution in [0.1, 0.15) is 40.5 Å². The first-order valence-corrected chi connectivity index (χ1v) is 16.0. The first kappa shape index (κ1) is 29.7. The van der Waals surface area contributed by atoms with E-state index in [2.05, 4.69) is 31.9 Å². The Morgan fingerprint density at radius 2 is 1.53 bits per heavy atom. The largest absolute Gasteiger partial charge is 0.451 e. The van der Waals surface area contributed by atoms with Crippen molar-refractivity contribution in [1.29, 1.82) is 0 Å². The van der Waals surface area contributed by atoms with E-state index in [1.165, 1.54) is 11.8 Å². The number of hydrogen-bond acceptors (Lipinski definition) is 6. The lowest BCUT2D eigenvalue weighted by Gasteiger charge is -2.29. The number of Topliss-reactive ketones (excluding diaryl/α,β-unsaturated/α-hetero) is 1. The third-order valence-electron chi connectivity index (χ3n) is 8.05. The molecule has 5 unspecified atom stereocenters. The number of para-hydroxylation sites is 1. The van der Waals surface area contributed by atoms with Crippen LogP contribution in [0.4, 0.5) is 5.69 Å². The molecule has 5 atom stereocenters. The van der Waals surface area contributed by atoms with Crippen LogP contribution < -0.4 is 4.90 Å². The molecule has 1 aliphatic heterocycles. The van der Waals surface area contributed by atoms with Gasteiger partial charge in [-0.05, 0) is 44.0 Å². The van der Waals surface area contributed by atoms with Gasteiger partial charge in [-0.3, -0.25) is 19.3 Å². The van der Waals surface area contributed by atoms with E-state index in [0.717, 1.165) is 0 Å². The van der Waals surface area contributed by atoms with Crippen LogP contribution in [0.3, 0.4) is 0 Å². The molecule has 1 aromatic heterocycles.